The molecule has 1 N–H and O–H groups in total. The maximum atomic E-state index is 12.8. The first-order valence-electron chi connectivity index (χ1n) is 8.69. The Labute approximate surface area is 180 Å². The third-order valence-corrected chi connectivity index (χ3v) is 5.56. The van der Waals surface area contributed by atoms with Gasteiger partial charge in [-0.2, -0.15) is 0 Å². The highest BCUT2D eigenvalue weighted by Crippen LogP contribution is 2.39. The van der Waals surface area contributed by atoms with Crippen molar-refractivity contribution in [2.45, 2.75) is 6.54 Å². The summed E-state index contributed by atoms with van der Waals surface area (Å²) in [5, 5.41) is 8.72. The third-order valence-electron chi connectivity index (χ3n) is 4.30. The topological polar surface area (TPSA) is 102 Å². The lowest BCUT2D eigenvalue weighted by atomic mass is 10.1. The van der Waals surface area contributed by atoms with Crippen LogP contribution in [0.3, 0.4) is 0 Å². The van der Waals surface area contributed by atoms with E-state index in [2.05, 4.69) is 0 Å². The second kappa shape index (κ2) is 8.29. The Morgan fingerprint density at radius 3 is 2.73 bits per heavy atom. The fourth-order valence-corrected chi connectivity index (χ4v) is 3.94. The normalized spacial score (nSPS) is 16.4. The molecule has 0 bridgehead atoms. The molecule has 0 aliphatic carbocycles. The zero-order valence-electron chi connectivity index (χ0n) is 15.3. The monoisotopic (exact) mass is 447 g/mol. The van der Waals surface area contributed by atoms with Crippen molar-refractivity contribution in [3.05, 3.63) is 57.5 Å². The summed E-state index contributed by atoms with van der Waals surface area (Å²) in [4.78, 5) is 37.3. The van der Waals surface area contributed by atoms with Gasteiger partial charge in [-0.05, 0) is 35.5 Å². The van der Waals surface area contributed by atoms with Crippen molar-refractivity contribution in [3.63, 3.8) is 0 Å². The van der Waals surface area contributed by atoms with Gasteiger partial charge in [0, 0.05) is 16.7 Å². The molecule has 10 heteroatoms. The lowest BCUT2D eigenvalue weighted by Gasteiger charge is -2.14. The van der Waals surface area contributed by atoms with Gasteiger partial charge in [-0.25, -0.2) is 4.79 Å². The molecule has 0 spiro atoms. The van der Waals surface area contributed by atoms with Crippen molar-refractivity contribution in [1.82, 2.24) is 4.90 Å². The van der Waals surface area contributed by atoms with E-state index in [1.54, 1.807) is 36.4 Å². The van der Waals surface area contributed by atoms with Crippen LogP contribution in [0.2, 0.25) is 5.02 Å². The largest absolute Gasteiger partial charge is 0.481 e. The number of benzene rings is 2. The van der Waals surface area contributed by atoms with Crippen LogP contribution in [0.15, 0.2) is 41.3 Å². The molecule has 2 aliphatic heterocycles. The molecule has 0 saturated carbocycles. The van der Waals surface area contributed by atoms with Gasteiger partial charge in [-0.15, -0.1) is 0 Å². The van der Waals surface area contributed by atoms with Crippen LogP contribution in [-0.2, 0) is 16.1 Å². The minimum Gasteiger partial charge on any atom is -0.481 e. The molecule has 1 fully saturated rings. The molecule has 2 aromatic rings. The number of carboxylic acid groups (broad SMARTS) is 1. The molecule has 2 aromatic carbocycles. The number of halogens is 1. The lowest BCUT2D eigenvalue weighted by molar-refractivity contribution is -0.139. The number of para-hydroxylation sites is 1. The van der Waals surface area contributed by atoms with E-state index < -0.39 is 23.7 Å². The number of hydrogen-bond acceptors (Lipinski definition) is 7. The van der Waals surface area contributed by atoms with Gasteiger partial charge < -0.3 is 19.3 Å². The molecule has 0 radical (unpaired) electrons. The molecule has 0 atom stereocenters. The average Bonchev–Trinajstić information content (AvgIpc) is 3.26. The highest BCUT2D eigenvalue weighted by atomic mass is 35.5. The van der Waals surface area contributed by atoms with E-state index in [4.69, 9.17) is 30.9 Å². The van der Waals surface area contributed by atoms with Crippen LogP contribution in [0.1, 0.15) is 11.1 Å². The number of carbonyl (C=O) groups is 3. The summed E-state index contributed by atoms with van der Waals surface area (Å²) < 4.78 is 15.8. The summed E-state index contributed by atoms with van der Waals surface area (Å²) >= 11 is 7.05. The van der Waals surface area contributed by atoms with E-state index in [9.17, 15) is 14.4 Å². The number of amides is 2. The summed E-state index contributed by atoms with van der Waals surface area (Å²) in [6, 6.07) is 9.89. The highest BCUT2D eigenvalue weighted by molar-refractivity contribution is 8.18. The molecule has 2 heterocycles. The number of nitrogens with zero attached hydrogens (tertiary/aromatic N) is 1. The number of ether oxygens (including phenoxy) is 3. The zero-order chi connectivity index (χ0) is 21.3. The Morgan fingerprint density at radius 2 is 1.97 bits per heavy atom. The molecule has 0 aromatic heterocycles. The Kier molecular flexibility index (Phi) is 5.56. The Morgan fingerprint density at radius 1 is 1.23 bits per heavy atom. The van der Waals surface area contributed by atoms with Gasteiger partial charge in [-0.3, -0.25) is 14.5 Å². The van der Waals surface area contributed by atoms with E-state index in [0.29, 0.717) is 33.4 Å². The van der Waals surface area contributed by atoms with Gasteiger partial charge >= 0.3 is 5.97 Å². The van der Waals surface area contributed by atoms with E-state index in [1.165, 1.54) is 6.08 Å². The fraction of sp³-hybridized carbons (Fsp3) is 0.150. The van der Waals surface area contributed by atoms with Crippen LogP contribution in [0.25, 0.3) is 6.08 Å². The Hall–Kier alpha value is -3.17. The lowest BCUT2D eigenvalue weighted by Crippen LogP contribution is -2.27. The standard InChI is InChI=1S/C20H14ClNO7S/c21-13-7-16-15(28-10-29-16)5-12(13)8-22-19(25)17(30-20(22)26)6-11-3-1-2-4-14(11)27-9-18(23)24/h1-7H,8-10H2,(H,23,24). The molecule has 154 valence electrons. The van der Waals surface area contributed by atoms with E-state index >= 15 is 0 Å². The summed E-state index contributed by atoms with van der Waals surface area (Å²) in [6.07, 6.45) is 1.50. The van der Waals surface area contributed by atoms with Crippen molar-refractivity contribution in [1.29, 1.82) is 0 Å². The maximum absolute atomic E-state index is 12.8. The molecular formula is C20H14ClNO7S. The van der Waals surface area contributed by atoms with Gasteiger partial charge in [0.2, 0.25) is 6.79 Å². The number of carbonyl (C=O) groups excluding carboxylic acids is 2. The zero-order valence-corrected chi connectivity index (χ0v) is 16.9. The number of thioether (sulfide) groups is 1. The fourth-order valence-electron chi connectivity index (χ4n) is 2.90. The van der Waals surface area contributed by atoms with Crippen LogP contribution in [0, 0.1) is 0 Å². The molecule has 0 unspecified atom stereocenters. The van der Waals surface area contributed by atoms with Gasteiger partial charge in [-0.1, -0.05) is 29.8 Å². The predicted molar refractivity (Wildman–Crippen MR) is 109 cm³/mol. The van der Waals surface area contributed by atoms with Crippen molar-refractivity contribution < 1.29 is 33.7 Å². The van der Waals surface area contributed by atoms with E-state index in [0.717, 1.165) is 16.7 Å². The number of carboxylic acids is 1. The Bertz CT molecular complexity index is 1080. The van der Waals surface area contributed by atoms with Crippen molar-refractivity contribution in [3.8, 4) is 17.2 Å². The van der Waals surface area contributed by atoms with E-state index in [1.807, 2.05) is 0 Å². The number of fused-ring (bicyclic) bond motifs is 1. The molecule has 2 amide bonds. The smallest absolute Gasteiger partial charge is 0.341 e. The van der Waals surface area contributed by atoms with Crippen LogP contribution in [0.5, 0.6) is 17.2 Å². The minimum absolute atomic E-state index is 0.0192. The minimum atomic E-state index is -1.12. The number of aliphatic carboxylic acids is 1. The van der Waals surface area contributed by atoms with Crippen molar-refractivity contribution in [2.75, 3.05) is 13.4 Å². The maximum Gasteiger partial charge on any atom is 0.341 e. The van der Waals surface area contributed by atoms with Gasteiger partial charge in [0.25, 0.3) is 11.1 Å². The SMILES string of the molecule is O=C(O)COc1ccccc1C=C1SC(=O)N(Cc2cc3c(cc2Cl)OCO3)C1=O. The summed E-state index contributed by atoms with van der Waals surface area (Å²) in [5.74, 6) is -0.291. The molecule has 30 heavy (non-hydrogen) atoms. The second-order valence-corrected chi connectivity index (χ2v) is 7.69. The molecule has 4 rings (SSSR count). The van der Waals surface area contributed by atoms with E-state index in [-0.39, 0.29) is 18.2 Å². The van der Waals surface area contributed by atoms with Gasteiger partial charge in [0.05, 0.1) is 11.4 Å². The van der Waals surface area contributed by atoms with Crippen LogP contribution in [0.4, 0.5) is 4.79 Å². The Balaban J connectivity index is 1.56. The summed E-state index contributed by atoms with van der Waals surface area (Å²) in [5.41, 5.74) is 1.04. The molecule has 2 aliphatic rings. The average molecular weight is 448 g/mol. The first-order valence-corrected chi connectivity index (χ1v) is 9.89. The third kappa shape index (κ3) is 4.07. The highest BCUT2D eigenvalue weighted by Gasteiger charge is 2.36. The first-order chi connectivity index (χ1) is 14.4. The summed E-state index contributed by atoms with van der Waals surface area (Å²) in [7, 11) is 0. The second-order valence-electron chi connectivity index (χ2n) is 6.28. The number of imide groups is 1. The van der Waals surface area contributed by atoms with Gasteiger partial charge in [0.1, 0.15) is 5.75 Å². The summed E-state index contributed by atoms with van der Waals surface area (Å²) in [6.45, 7) is -0.452. The van der Waals surface area contributed by atoms with Crippen molar-refractivity contribution >= 4 is 46.6 Å². The van der Waals surface area contributed by atoms with Crippen LogP contribution in [-0.4, -0.2) is 40.5 Å². The van der Waals surface area contributed by atoms with Crippen molar-refractivity contribution in [2.24, 2.45) is 0 Å². The quantitative estimate of drug-likeness (QED) is 0.667. The molecule has 1 saturated heterocycles. The first kappa shape index (κ1) is 20.1. The molecule has 8 nitrogen and oxygen atoms in total. The molecular weight excluding hydrogens is 434 g/mol. The predicted octanol–water partition coefficient (Wildman–Crippen LogP) is 3.77. The van der Waals surface area contributed by atoms with Gasteiger partial charge in [0.15, 0.2) is 18.1 Å². The number of rotatable bonds is 6. The van der Waals surface area contributed by atoms with Crippen LogP contribution >= 0.6 is 23.4 Å². The number of hydrogen-bond donors (Lipinski definition) is 1. The van der Waals surface area contributed by atoms with Crippen LogP contribution < -0.4 is 14.2 Å².